The maximum atomic E-state index is 4.78. The van der Waals surface area contributed by atoms with E-state index in [0.29, 0.717) is 0 Å². The molecule has 2 aromatic rings. The molecule has 1 aliphatic carbocycles. The van der Waals surface area contributed by atoms with Crippen LogP contribution < -0.4 is 5.32 Å². The van der Waals surface area contributed by atoms with Crippen molar-refractivity contribution in [3.05, 3.63) is 47.2 Å². The van der Waals surface area contributed by atoms with Gasteiger partial charge in [0.1, 0.15) is 11.6 Å². The van der Waals surface area contributed by atoms with E-state index >= 15 is 0 Å². The number of fused-ring (bicyclic) bond motifs is 1. The van der Waals surface area contributed by atoms with Gasteiger partial charge in [-0.05, 0) is 50.3 Å². The minimum absolute atomic E-state index is 0.772. The number of hydrogen-bond acceptors (Lipinski definition) is 4. The first kappa shape index (κ1) is 13.0. The number of nitrogens with one attached hydrogen (secondary N) is 1. The number of aromatic nitrogens is 3. The van der Waals surface area contributed by atoms with Crippen molar-refractivity contribution in [2.45, 2.75) is 39.0 Å². The van der Waals surface area contributed by atoms with Gasteiger partial charge >= 0.3 is 0 Å². The van der Waals surface area contributed by atoms with Crippen LogP contribution in [0.3, 0.4) is 0 Å². The average molecular weight is 268 g/mol. The Morgan fingerprint density at radius 1 is 1.10 bits per heavy atom. The predicted octanol–water partition coefficient (Wildman–Crippen LogP) is 2.77. The molecular weight excluding hydrogens is 248 g/mol. The summed E-state index contributed by atoms with van der Waals surface area (Å²) in [5.74, 6) is 1.95. The molecule has 0 saturated heterocycles. The summed E-state index contributed by atoms with van der Waals surface area (Å²) >= 11 is 0. The molecule has 0 aliphatic heterocycles. The summed E-state index contributed by atoms with van der Waals surface area (Å²) in [5, 5.41) is 3.40. The van der Waals surface area contributed by atoms with Crippen LogP contribution in [0, 0.1) is 0 Å². The molecule has 0 saturated carbocycles. The van der Waals surface area contributed by atoms with Crippen LogP contribution in [0.5, 0.6) is 0 Å². The molecule has 20 heavy (non-hydrogen) atoms. The Hall–Kier alpha value is -1.97. The SMILES string of the molecule is CCNc1nc(Cc2ccncc2)nc2c1CCCC2. The summed E-state index contributed by atoms with van der Waals surface area (Å²) in [6.45, 7) is 3.01. The van der Waals surface area contributed by atoms with Crippen molar-refractivity contribution < 1.29 is 0 Å². The summed E-state index contributed by atoms with van der Waals surface area (Å²) in [5.41, 5.74) is 3.78. The first-order valence-corrected chi connectivity index (χ1v) is 7.38. The largest absolute Gasteiger partial charge is 0.370 e. The zero-order valence-corrected chi connectivity index (χ0v) is 11.9. The summed E-state index contributed by atoms with van der Waals surface area (Å²) in [6.07, 6.45) is 9.08. The molecule has 3 rings (SSSR count). The lowest BCUT2D eigenvalue weighted by Crippen LogP contribution is -2.15. The molecule has 2 aromatic heterocycles. The van der Waals surface area contributed by atoms with Gasteiger partial charge in [-0.25, -0.2) is 9.97 Å². The molecule has 0 spiro atoms. The van der Waals surface area contributed by atoms with Crippen molar-refractivity contribution in [3.8, 4) is 0 Å². The summed E-state index contributed by atoms with van der Waals surface area (Å²) in [7, 11) is 0. The predicted molar refractivity (Wildman–Crippen MR) is 79.9 cm³/mol. The number of pyridine rings is 1. The van der Waals surface area contributed by atoms with Gasteiger partial charge in [0, 0.05) is 36.6 Å². The number of hydrogen-bond donors (Lipinski definition) is 1. The van der Waals surface area contributed by atoms with Gasteiger partial charge < -0.3 is 5.32 Å². The van der Waals surface area contributed by atoms with Crippen molar-refractivity contribution in [2.75, 3.05) is 11.9 Å². The van der Waals surface area contributed by atoms with E-state index in [2.05, 4.69) is 17.2 Å². The first-order chi connectivity index (χ1) is 9.86. The molecule has 0 bridgehead atoms. The second-order valence-corrected chi connectivity index (χ2v) is 5.18. The van der Waals surface area contributed by atoms with Gasteiger partial charge in [-0.3, -0.25) is 4.98 Å². The van der Waals surface area contributed by atoms with Gasteiger partial charge in [0.25, 0.3) is 0 Å². The minimum atomic E-state index is 0.772. The summed E-state index contributed by atoms with van der Waals surface area (Å²) in [4.78, 5) is 13.6. The lowest BCUT2D eigenvalue weighted by atomic mass is 9.96. The van der Waals surface area contributed by atoms with E-state index in [4.69, 9.17) is 9.97 Å². The highest BCUT2D eigenvalue weighted by atomic mass is 15.0. The maximum absolute atomic E-state index is 4.78. The van der Waals surface area contributed by atoms with E-state index in [1.54, 1.807) is 0 Å². The van der Waals surface area contributed by atoms with Crippen LogP contribution in [0.25, 0.3) is 0 Å². The van der Waals surface area contributed by atoms with Gasteiger partial charge in [0.05, 0.1) is 0 Å². The second-order valence-electron chi connectivity index (χ2n) is 5.18. The molecule has 1 N–H and O–H groups in total. The highest BCUT2D eigenvalue weighted by Gasteiger charge is 2.17. The molecule has 0 aromatic carbocycles. The smallest absolute Gasteiger partial charge is 0.135 e. The number of nitrogens with zero attached hydrogens (tertiary/aromatic N) is 3. The standard InChI is InChI=1S/C16H20N4/c1-2-18-16-13-5-3-4-6-14(13)19-15(20-16)11-12-7-9-17-10-8-12/h7-10H,2-6,11H2,1H3,(H,18,19,20). The normalized spacial score (nSPS) is 13.8. The number of rotatable bonds is 4. The molecule has 2 heterocycles. The van der Waals surface area contributed by atoms with Gasteiger partial charge in [-0.15, -0.1) is 0 Å². The third-order valence-electron chi connectivity index (χ3n) is 3.69. The van der Waals surface area contributed by atoms with Crippen molar-refractivity contribution in [3.63, 3.8) is 0 Å². The topological polar surface area (TPSA) is 50.7 Å². The van der Waals surface area contributed by atoms with Crippen molar-refractivity contribution in [1.29, 1.82) is 0 Å². The zero-order chi connectivity index (χ0) is 13.8. The molecule has 0 radical (unpaired) electrons. The number of aryl methyl sites for hydroxylation is 1. The van der Waals surface area contributed by atoms with E-state index in [9.17, 15) is 0 Å². The van der Waals surface area contributed by atoms with Gasteiger partial charge in [0.2, 0.25) is 0 Å². The van der Waals surface area contributed by atoms with Crippen LogP contribution in [0.15, 0.2) is 24.5 Å². The summed E-state index contributed by atoms with van der Waals surface area (Å²) in [6, 6.07) is 4.05. The van der Waals surface area contributed by atoms with Gasteiger partial charge in [-0.2, -0.15) is 0 Å². The monoisotopic (exact) mass is 268 g/mol. The van der Waals surface area contributed by atoms with E-state index < -0.39 is 0 Å². The van der Waals surface area contributed by atoms with Crippen LogP contribution in [0.1, 0.15) is 42.4 Å². The van der Waals surface area contributed by atoms with E-state index in [1.165, 1.54) is 29.7 Å². The van der Waals surface area contributed by atoms with Crippen molar-refractivity contribution in [1.82, 2.24) is 15.0 Å². The van der Waals surface area contributed by atoms with Gasteiger partial charge in [0.15, 0.2) is 0 Å². The minimum Gasteiger partial charge on any atom is -0.370 e. The highest BCUT2D eigenvalue weighted by Crippen LogP contribution is 2.25. The van der Waals surface area contributed by atoms with Crippen LogP contribution in [0.4, 0.5) is 5.82 Å². The zero-order valence-electron chi connectivity index (χ0n) is 11.9. The Morgan fingerprint density at radius 3 is 2.70 bits per heavy atom. The van der Waals surface area contributed by atoms with Gasteiger partial charge in [-0.1, -0.05) is 0 Å². The average Bonchev–Trinajstić information content (AvgIpc) is 2.49. The molecule has 4 nitrogen and oxygen atoms in total. The molecule has 0 fully saturated rings. The number of anilines is 1. The quantitative estimate of drug-likeness (QED) is 0.926. The summed E-state index contributed by atoms with van der Waals surface area (Å²) < 4.78 is 0. The lowest BCUT2D eigenvalue weighted by Gasteiger charge is -2.19. The van der Waals surface area contributed by atoms with Crippen LogP contribution in [-0.4, -0.2) is 21.5 Å². The second kappa shape index (κ2) is 5.99. The fraction of sp³-hybridized carbons (Fsp3) is 0.438. The fourth-order valence-electron chi connectivity index (χ4n) is 2.72. The van der Waals surface area contributed by atoms with E-state index in [0.717, 1.165) is 37.4 Å². The van der Waals surface area contributed by atoms with E-state index in [1.807, 2.05) is 24.5 Å². The Morgan fingerprint density at radius 2 is 1.90 bits per heavy atom. The maximum Gasteiger partial charge on any atom is 0.135 e. The molecule has 1 aliphatic rings. The third kappa shape index (κ3) is 2.79. The van der Waals surface area contributed by atoms with Crippen LogP contribution in [-0.2, 0) is 19.3 Å². The van der Waals surface area contributed by atoms with Crippen molar-refractivity contribution >= 4 is 5.82 Å². The lowest BCUT2D eigenvalue weighted by molar-refractivity contribution is 0.657. The molecule has 4 heteroatoms. The highest BCUT2D eigenvalue weighted by molar-refractivity contribution is 5.48. The molecular formula is C16H20N4. The van der Waals surface area contributed by atoms with Crippen LogP contribution >= 0.6 is 0 Å². The first-order valence-electron chi connectivity index (χ1n) is 7.38. The van der Waals surface area contributed by atoms with E-state index in [-0.39, 0.29) is 0 Å². The van der Waals surface area contributed by atoms with Crippen LogP contribution in [0.2, 0.25) is 0 Å². The Labute approximate surface area is 119 Å². The third-order valence-corrected chi connectivity index (χ3v) is 3.69. The Kier molecular flexibility index (Phi) is 3.90. The molecule has 0 amide bonds. The van der Waals surface area contributed by atoms with Crippen molar-refractivity contribution in [2.24, 2.45) is 0 Å². The molecule has 0 unspecified atom stereocenters. The Balaban J connectivity index is 1.93. The fourth-order valence-corrected chi connectivity index (χ4v) is 2.72. The molecule has 0 atom stereocenters. The Bertz CT molecular complexity index is 581. The molecule has 104 valence electrons.